The monoisotopic (exact) mass is 478 g/mol. The Hall–Kier alpha value is -1.18. The zero-order chi connectivity index (χ0) is 19.8. The van der Waals surface area contributed by atoms with Crippen LogP contribution in [0.2, 0.25) is 0 Å². The number of fused-ring (bicyclic) bond motifs is 1. The number of anilines is 1. The lowest BCUT2D eigenvalue weighted by Crippen LogP contribution is -2.37. The summed E-state index contributed by atoms with van der Waals surface area (Å²) in [6.07, 6.45) is 7.38. The molecule has 1 aliphatic carbocycles. The predicted molar refractivity (Wildman–Crippen MR) is 122 cm³/mol. The molecule has 2 fully saturated rings. The zero-order valence-electron chi connectivity index (χ0n) is 15.9. The highest BCUT2D eigenvalue weighted by Gasteiger charge is 2.44. The highest BCUT2D eigenvalue weighted by atomic mass is 79.9. The van der Waals surface area contributed by atoms with Gasteiger partial charge in [0.1, 0.15) is 4.32 Å². The van der Waals surface area contributed by atoms with Gasteiger partial charge in [-0.1, -0.05) is 72.5 Å². The van der Waals surface area contributed by atoms with Crippen molar-refractivity contribution in [2.75, 3.05) is 11.4 Å². The molecule has 2 aliphatic heterocycles. The number of carbonyl (C=O) groups excluding carboxylic acids is 2. The molecule has 1 saturated heterocycles. The second-order valence-corrected chi connectivity index (χ2v) is 10.1. The van der Waals surface area contributed by atoms with E-state index in [-0.39, 0.29) is 17.9 Å². The van der Waals surface area contributed by atoms with Gasteiger partial charge in [-0.2, -0.15) is 0 Å². The van der Waals surface area contributed by atoms with Crippen molar-refractivity contribution in [3.05, 3.63) is 33.1 Å². The van der Waals surface area contributed by atoms with E-state index in [0.717, 1.165) is 60.7 Å². The summed E-state index contributed by atoms with van der Waals surface area (Å²) in [4.78, 5) is 30.7. The Labute approximate surface area is 183 Å². The van der Waals surface area contributed by atoms with Crippen LogP contribution in [-0.2, 0) is 9.59 Å². The SMILES string of the molecule is CCCCCN1C(=O)C(=C2SC(=S)N(C3CCCC3)C2=O)c2cc(Br)ccc21. The van der Waals surface area contributed by atoms with Crippen LogP contribution in [0.25, 0.3) is 5.57 Å². The summed E-state index contributed by atoms with van der Waals surface area (Å²) in [5.74, 6) is -0.164. The van der Waals surface area contributed by atoms with Gasteiger partial charge in [0.05, 0.1) is 16.2 Å². The summed E-state index contributed by atoms with van der Waals surface area (Å²) in [5.41, 5.74) is 2.25. The third-order valence-corrected chi connectivity index (χ3v) is 7.57. The summed E-state index contributed by atoms with van der Waals surface area (Å²) in [6.45, 7) is 2.82. The Morgan fingerprint density at radius 3 is 2.64 bits per heavy atom. The standard InChI is InChI=1S/C21H23BrN2O2S2/c1-2-3-6-11-23-16-10-9-13(22)12-15(16)17(19(23)25)18-20(26)24(21(27)28-18)14-7-4-5-8-14/h9-10,12,14H,2-8,11H2,1H3. The Balaban J connectivity index is 1.74. The van der Waals surface area contributed by atoms with Crippen LogP contribution >= 0.6 is 39.9 Å². The van der Waals surface area contributed by atoms with E-state index in [1.807, 2.05) is 23.1 Å². The first-order chi connectivity index (χ1) is 13.5. The van der Waals surface area contributed by atoms with Crippen molar-refractivity contribution in [1.29, 1.82) is 0 Å². The molecular weight excluding hydrogens is 456 g/mol. The highest BCUT2D eigenvalue weighted by Crippen LogP contribution is 2.46. The van der Waals surface area contributed by atoms with Crippen molar-refractivity contribution in [3.8, 4) is 0 Å². The number of carbonyl (C=O) groups is 2. The largest absolute Gasteiger partial charge is 0.308 e. The molecule has 4 rings (SSSR count). The first-order valence-electron chi connectivity index (χ1n) is 9.94. The Morgan fingerprint density at radius 1 is 1.18 bits per heavy atom. The lowest BCUT2D eigenvalue weighted by molar-refractivity contribution is -0.123. The first kappa shape index (κ1) is 20.1. The van der Waals surface area contributed by atoms with Crippen LogP contribution in [0, 0.1) is 0 Å². The fourth-order valence-corrected chi connectivity index (χ4v) is 6.11. The lowest BCUT2D eigenvalue weighted by Gasteiger charge is -2.22. The number of nitrogens with zero attached hydrogens (tertiary/aromatic N) is 2. The van der Waals surface area contributed by atoms with Crippen molar-refractivity contribution in [3.63, 3.8) is 0 Å². The van der Waals surface area contributed by atoms with Gasteiger partial charge in [-0.3, -0.25) is 14.5 Å². The fraction of sp³-hybridized carbons (Fsp3) is 0.476. The molecule has 0 atom stereocenters. The predicted octanol–water partition coefficient (Wildman–Crippen LogP) is 5.50. The summed E-state index contributed by atoms with van der Waals surface area (Å²) in [7, 11) is 0. The maximum absolute atomic E-state index is 13.4. The Kier molecular flexibility index (Phi) is 5.95. The minimum Gasteiger partial charge on any atom is -0.308 e. The molecule has 1 aromatic rings. The molecule has 3 aliphatic rings. The topological polar surface area (TPSA) is 40.6 Å². The van der Waals surface area contributed by atoms with Gasteiger partial charge in [-0.25, -0.2) is 0 Å². The summed E-state index contributed by atoms with van der Waals surface area (Å²) < 4.78 is 1.49. The summed E-state index contributed by atoms with van der Waals surface area (Å²) in [5, 5.41) is 0. The summed E-state index contributed by atoms with van der Waals surface area (Å²) in [6, 6.07) is 6.05. The van der Waals surface area contributed by atoms with Crippen LogP contribution in [0.5, 0.6) is 0 Å². The third-order valence-electron chi connectivity index (χ3n) is 5.68. The van der Waals surface area contributed by atoms with Gasteiger partial charge in [0.15, 0.2) is 0 Å². The Morgan fingerprint density at radius 2 is 1.93 bits per heavy atom. The van der Waals surface area contributed by atoms with Crippen LogP contribution in [0.3, 0.4) is 0 Å². The molecule has 0 radical (unpaired) electrons. The van der Waals surface area contributed by atoms with Gasteiger partial charge in [0, 0.05) is 22.6 Å². The van der Waals surface area contributed by atoms with E-state index in [2.05, 4.69) is 22.9 Å². The molecule has 2 amide bonds. The molecule has 0 unspecified atom stereocenters. The molecule has 0 N–H and O–H groups in total. The maximum atomic E-state index is 13.4. The summed E-state index contributed by atoms with van der Waals surface area (Å²) >= 11 is 10.4. The smallest absolute Gasteiger partial charge is 0.267 e. The fourth-order valence-electron chi connectivity index (χ4n) is 4.27. The second kappa shape index (κ2) is 8.28. The quantitative estimate of drug-likeness (QED) is 0.318. The number of rotatable bonds is 5. The van der Waals surface area contributed by atoms with E-state index < -0.39 is 0 Å². The molecule has 0 bridgehead atoms. The van der Waals surface area contributed by atoms with Gasteiger partial charge < -0.3 is 4.90 Å². The molecular formula is C21H23BrN2O2S2. The van der Waals surface area contributed by atoms with E-state index in [0.29, 0.717) is 21.3 Å². The Bertz CT molecular complexity index is 877. The van der Waals surface area contributed by atoms with Crippen molar-refractivity contribution in [2.24, 2.45) is 0 Å². The zero-order valence-corrected chi connectivity index (χ0v) is 19.1. The number of amides is 2. The molecule has 7 heteroatoms. The van der Waals surface area contributed by atoms with Crippen molar-refractivity contribution >= 4 is 67.3 Å². The van der Waals surface area contributed by atoms with Crippen molar-refractivity contribution < 1.29 is 9.59 Å². The number of thioether (sulfide) groups is 1. The molecule has 28 heavy (non-hydrogen) atoms. The van der Waals surface area contributed by atoms with Gasteiger partial charge in [0.25, 0.3) is 11.8 Å². The molecule has 4 nitrogen and oxygen atoms in total. The molecule has 0 aromatic heterocycles. The van der Waals surface area contributed by atoms with Gasteiger partial charge >= 0.3 is 0 Å². The number of unbranched alkanes of at least 4 members (excludes halogenated alkanes) is 2. The molecule has 0 spiro atoms. The van der Waals surface area contributed by atoms with Crippen LogP contribution in [0.4, 0.5) is 5.69 Å². The normalized spacial score (nSPS) is 22.7. The number of hydrogen-bond donors (Lipinski definition) is 0. The van der Waals surface area contributed by atoms with Gasteiger partial charge in [0.2, 0.25) is 0 Å². The van der Waals surface area contributed by atoms with Crippen LogP contribution in [0.15, 0.2) is 27.6 Å². The average molecular weight is 479 g/mol. The van der Waals surface area contributed by atoms with Crippen LogP contribution < -0.4 is 4.90 Å². The number of thiocarbonyl (C=S) groups is 1. The van der Waals surface area contributed by atoms with Crippen molar-refractivity contribution in [1.82, 2.24) is 4.90 Å². The lowest BCUT2D eigenvalue weighted by atomic mass is 10.1. The molecule has 1 aromatic carbocycles. The van der Waals surface area contributed by atoms with E-state index in [4.69, 9.17) is 12.2 Å². The van der Waals surface area contributed by atoms with Crippen LogP contribution in [0.1, 0.15) is 57.4 Å². The van der Waals surface area contributed by atoms with E-state index in [9.17, 15) is 9.59 Å². The molecule has 2 heterocycles. The number of hydrogen-bond acceptors (Lipinski definition) is 4. The van der Waals surface area contributed by atoms with Gasteiger partial charge in [-0.05, 0) is 37.5 Å². The minimum absolute atomic E-state index is 0.0730. The second-order valence-electron chi connectivity index (χ2n) is 7.51. The number of halogens is 1. The molecule has 148 valence electrons. The maximum Gasteiger partial charge on any atom is 0.267 e. The number of benzene rings is 1. The highest BCUT2D eigenvalue weighted by molar-refractivity contribution is 9.10. The molecule has 1 saturated carbocycles. The van der Waals surface area contributed by atoms with E-state index >= 15 is 0 Å². The van der Waals surface area contributed by atoms with Crippen LogP contribution in [-0.4, -0.2) is 33.6 Å². The average Bonchev–Trinajstić information content (AvgIpc) is 3.34. The van der Waals surface area contributed by atoms with E-state index in [1.54, 1.807) is 4.90 Å². The minimum atomic E-state index is -0.0911. The van der Waals surface area contributed by atoms with Crippen molar-refractivity contribution in [2.45, 2.75) is 57.9 Å². The third kappa shape index (κ3) is 3.46. The first-order valence-corrected chi connectivity index (χ1v) is 12.0. The van der Waals surface area contributed by atoms with E-state index in [1.165, 1.54) is 11.8 Å². The van der Waals surface area contributed by atoms with Gasteiger partial charge in [-0.15, -0.1) is 0 Å².